The number of carbonyl (C=O) groups excluding carboxylic acids is 2. The van der Waals surface area contributed by atoms with Gasteiger partial charge in [0.1, 0.15) is 0 Å². The summed E-state index contributed by atoms with van der Waals surface area (Å²) in [6, 6.07) is 13.0. The first-order valence-electron chi connectivity index (χ1n) is 9.20. The van der Waals surface area contributed by atoms with Crippen LogP contribution < -0.4 is 5.32 Å². The number of likely N-dealkylation sites (N-methyl/N-ethyl adjacent to an activating group) is 1. The predicted molar refractivity (Wildman–Crippen MR) is 115 cm³/mol. The molecule has 0 fully saturated rings. The Morgan fingerprint density at radius 2 is 1.69 bits per heavy atom. The van der Waals surface area contributed by atoms with Crippen molar-refractivity contribution in [3.8, 4) is 5.69 Å². The molecule has 6 nitrogen and oxygen atoms in total. The molecular weight excluding hydrogens is 388 g/mol. The molecule has 0 aliphatic heterocycles. The van der Waals surface area contributed by atoms with E-state index in [0.717, 1.165) is 22.5 Å². The number of amides is 2. The summed E-state index contributed by atoms with van der Waals surface area (Å²) in [4.78, 5) is 26.7. The highest BCUT2D eigenvalue weighted by Crippen LogP contribution is 2.20. The minimum absolute atomic E-state index is 0.0574. The molecule has 7 heteroatoms. The van der Waals surface area contributed by atoms with Crippen LogP contribution in [0.25, 0.3) is 5.69 Å². The van der Waals surface area contributed by atoms with Crippen LogP contribution in [0.3, 0.4) is 0 Å². The van der Waals surface area contributed by atoms with Gasteiger partial charge in [0.05, 0.1) is 29.7 Å². The van der Waals surface area contributed by atoms with Gasteiger partial charge in [-0.1, -0.05) is 29.8 Å². The fraction of sp³-hybridized carbons (Fsp3) is 0.227. The maximum Gasteiger partial charge on any atom is 0.257 e. The van der Waals surface area contributed by atoms with E-state index in [1.165, 1.54) is 11.1 Å². The molecule has 2 aromatic carbocycles. The standard InChI is InChI=1S/C22H23ClN4O2/c1-14-6-5-7-15(2)21(14)25-20(28)13-26(4)22(29)19-12-24-27(16(19)3)18-10-8-17(23)9-11-18/h5-12H,13H2,1-4H3,(H,25,28). The second kappa shape index (κ2) is 8.49. The molecule has 0 bridgehead atoms. The molecule has 3 aromatic rings. The molecule has 1 aromatic heterocycles. The van der Waals surface area contributed by atoms with Crippen molar-refractivity contribution in [3.63, 3.8) is 0 Å². The Balaban J connectivity index is 1.72. The molecule has 1 heterocycles. The summed E-state index contributed by atoms with van der Waals surface area (Å²) in [6.07, 6.45) is 1.52. The van der Waals surface area contributed by atoms with E-state index < -0.39 is 0 Å². The van der Waals surface area contributed by atoms with Crippen molar-refractivity contribution in [3.05, 3.63) is 76.1 Å². The maximum absolute atomic E-state index is 12.9. The summed E-state index contributed by atoms with van der Waals surface area (Å²) in [5.41, 5.74) is 4.69. The summed E-state index contributed by atoms with van der Waals surface area (Å²) in [5.74, 6) is -0.514. The van der Waals surface area contributed by atoms with Crippen LogP contribution in [0.15, 0.2) is 48.7 Å². The van der Waals surface area contributed by atoms with Crippen LogP contribution in [-0.2, 0) is 4.79 Å². The number of aromatic nitrogens is 2. The van der Waals surface area contributed by atoms with Crippen molar-refractivity contribution in [1.29, 1.82) is 0 Å². The molecule has 0 saturated carbocycles. The number of anilines is 1. The summed E-state index contributed by atoms with van der Waals surface area (Å²) >= 11 is 5.93. The van der Waals surface area contributed by atoms with E-state index in [2.05, 4.69) is 10.4 Å². The largest absolute Gasteiger partial charge is 0.332 e. The zero-order valence-corrected chi connectivity index (χ0v) is 17.6. The van der Waals surface area contributed by atoms with Crippen molar-refractivity contribution in [2.75, 3.05) is 18.9 Å². The van der Waals surface area contributed by atoms with Crippen LogP contribution in [0.5, 0.6) is 0 Å². The fourth-order valence-corrected chi connectivity index (χ4v) is 3.27. The van der Waals surface area contributed by atoms with Crippen LogP contribution in [0.1, 0.15) is 27.2 Å². The highest BCUT2D eigenvalue weighted by Gasteiger charge is 2.21. The third-order valence-electron chi connectivity index (χ3n) is 4.78. The Hall–Kier alpha value is -3.12. The van der Waals surface area contributed by atoms with Gasteiger partial charge in [0.2, 0.25) is 5.91 Å². The van der Waals surface area contributed by atoms with Gasteiger partial charge >= 0.3 is 0 Å². The van der Waals surface area contributed by atoms with Crippen molar-refractivity contribution in [2.24, 2.45) is 0 Å². The number of hydrogen-bond acceptors (Lipinski definition) is 3. The van der Waals surface area contributed by atoms with Crippen LogP contribution >= 0.6 is 11.6 Å². The molecule has 3 rings (SSSR count). The van der Waals surface area contributed by atoms with E-state index in [-0.39, 0.29) is 18.4 Å². The van der Waals surface area contributed by atoms with E-state index in [1.807, 2.05) is 51.1 Å². The zero-order valence-electron chi connectivity index (χ0n) is 16.9. The van der Waals surface area contributed by atoms with E-state index in [4.69, 9.17) is 11.6 Å². The number of para-hydroxylation sites is 1. The van der Waals surface area contributed by atoms with Gasteiger partial charge < -0.3 is 10.2 Å². The SMILES string of the molecule is Cc1cccc(C)c1NC(=O)CN(C)C(=O)c1cnn(-c2ccc(Cl)cc2)c1C. The second-order valence-electron chi connectivity index (χ2n) is 7.01. The lowest BCUT2D eigenvalue weighted by atomic mass is 10.1. The zero-order chi connectivity index (χ0) is 21.1. The first kappa shape index (κ1) is 20.6. The second-order valence-corrected chi connectivity index (χ2v) is 7.44. The third kappa shape index (κ3) is 4.49. The lowest BCUT2D eigenvalue weighted by Crippen LogP contribution is -2.35. The molecule has 0 unspecified atom stereocenters. The van der Waals surface area contributed by atoms with Gasteiger partial charge in [-0.15, -0.1) is 0 Å². The van der Waals surface area contributed by atoms with Crippen molar-refractivity contribution in [1.82, 2.24) is 14.7 Å². The van der Waals surface area contributed by atoms with Crippen LogP contribution in [0.4, 0.5) is 5.69 Å². The van der Waals surface area contributed by atoms with E-state index >= 15 is 0 Å². The molecule has 2 amide bonds. The molecule has 0 saturated heterocycles. The number of benzene rings is 2. The Bertz CT molecular complexity index is 1040. The molecule has 29 heavy (non-hydrogen) atoms. The maximum atomic E-state index is 12.9. The number of nitrogens with zero attached hydrogens (tertiary/aromatic N) is 3. The third-order valence-corrected chi connectivity index (χ3v) is 5.04. The summed E-state index contributed by atoms with van der Waals surface area (Å²) < 4.78 is 1.67. The van der Waals surface area contributed by atoms with Gasteiger partial charge in [0.25, 0.3) is 5.91 Å². The lowest BCUT2D eigenvalue weighted by Gasteiger charge is -2.18. The number of hydrogen-bond donors (Lipinski definition) is 1. The van der Waals surface area contributed by atoms with Gasteiger partial charge in [-0.2, -0.15) is 5.10 Å². The molecular formula is C22H23ClN4O2. The summed E-state index contributed by atoms with van der Waals surface area (Å²) in [5, 5.41) is 7.84. The number of rotatable bonds is 5. The smallest absolute Gasteiger partial charge is 0.257 e. The average molecular weight is 411 g/mol. The Labute approximate surface area is 175 Å². The van der Waals surface area contributed by atoms with E-state index in [9.17, 15) is 9.59 Å². The van der Waals surface area contributed by atoms with Gasteiger partial charge in [-0.25, -0.2) is 4.68 Å². The first-order chi connectivity index (χ1) is 13.8. The van der Waals surface area contributed by atoms with E-state index in [1.54, 1.807) is 23.9 Å². The van der Waals surface area contributed by atoms with Gasteiger partial charge in [0, 0.05) is 17.8 Å². The summed E-state index contributed by atoms with van der Waals surface area (Å²) in [6.45, 7) is 5.63. The Morgan fingerprint density at radius 3 is 2.31 bits per heavy atom. The number of aryl methyl sites for hydroxylation is 2. The molecule has 1 N–H and O–H groups in total. The highest BCUT2D eigenvalue weighted by molar-refractivity contribution is 6.30. The van der Waals surface area contributed by atoms with Crippen LogP contribution in [-0.4, -0.2) is 40.1 Å². The Kier molecular flexibility index (Phi) is 6.03. The summed E-state index contributed by atoms with van der Waals surface area (Å²) in [7, 11) is 1.60. The number of carbonyl (C=O) groups is 2. The van der Waals surface area contributed by atoms with Gasteiger partial charge in [0.15, 0.2) is 0 Å². The van der Waals surface area contributed by atoms with Gasteiger partial charge in [-0.05, 0) is 56.2 Å². The normalized spacial score (nSPS) is 10.7. The van der Waals surface area contributed by atoms with Crippen molar-refractivity contribution in [2.45, 2.75) is 20.8 Å². The molecule has 0 spiro atoms. The molecule has 0 radical (unpaired) electrons. The van der Waals surface area contributed by atoms with Crippen LogP contribution in [0.2, 0.25) is 5.02 Å². The monoisotopic (exact) mass is 410 g/mol. The van der Waals surface area contributed by atoms with E-state index in [0.29, 0.717) is 16.3 Å². The minimum atomic E-state index is -0.264. The average Bonchev–Trinajstić information content (AvgIpc) is 3.06. The fourth-order valence-electron chi connectivity index (χ4n) is 3.15. The molecule has 150 valence electrons. The Morgan fingerprint density at radius 1 is 1.07 bits per heavy atom. The molecule has 0 atom stereocenters. The highest BCUT2D eigenvalue weighted by atomic mass is 35.5. The quantitative estimate of drug-likeness (QED) is 0.686. The molecule has 0 aliphatic rings. The first-order valence-corrected chi connectivity index (χ1v) is 9.58. The van der Waals surface area contributed by atoms with Crippen molar-refractivity contribution < 1.29 is 9.59 Å². The number of nitrogens with one attached hydrogen (secondary N) is 1. The lowest BCUT2D eigenvalue weighted by molar-refractivity contribution is -0.116. The molecule has 0 aliphatic carbocycles. The number of halogens is 1. The topological polar surface area (TPSA) is 67.2 Å². The minimum Gasteiger partial charge on any atom is -0.332 e. The van der Waals surface area contributed by atoms with Gasteiger partial charge in [-0.3, -0.25) is 9.59 Å². The predicted octanol–water partition coefficient (Wildman–Crippen LogP) is 4.16. The van der Waals surface area contributed by atoms with Crippen LogP contribution in [0, 0.1) is 20.8 Å². The van der Waals surface area contributed by atoms with Crippen molar-refractivity contribution >= 4 is 29.1 Å².